The fourth-order valence-electron chi connectivity index (χ4n) is 2.74. The molecule has 0 aromatic heterocycles. The molecule has 2 rings (SSSR count). The Kier molecular flexibility index (Phi) is 4.61. The van der Waals surface area contributed by atoms with Crippen molar-refractivity contribution in [2.45, 2.75) is 32.4 Å². The summed E-state index contributed by atoms with van der Waals surface area (Å²) < 4.78 is 5.41. The first kappa shape index (κ1) is 13.4. The van der Waals surface area contributed by atoms with Crippen LogP contribution in [-0.4, -0.2) is 31.1 Å². The second kappa shape index (κ2) is 6.21. The van der Waals surface area contributed by atoms with E-state index in [1.165, 1.54) is 24.9 Å². The van der Waals surface area contributed by atoms with Gasteiger partial charge in [0, 0.05) is 24.7 Å². The minimum absolute atomic E-state index is 0.297. The molecule has 0 bridgehead atoms. The van der Waals surface area contributed by atoms with E-state index >= 15 is 0 Å². The Morgan fingerprint density at radius 1 is 1.44 bits per heavy atom. The summed E-state index contributed by atoms with van der Waals surface area (Å²) in [6, 6.07) is 8.57. The first-order valence-electron chi connectivity index (χ1n) is 6.80. The summed E-state index contributed by atoms with van der Waals surface area (Å²) in [4.78, 5) is 2.50. The number of hydrogen-bond acceptors (Lipinski definition) is 3. The van der Waals surface area contributed by atoms with Crippen LogP contribution in [0.2, 0.25) is 0 Å². The topological polar surface area (TPSA) is 38.5 Å². The molecule has 100 valence electrons. The van der Waals surface area contributed by atoms with E-state index in [9.17, 15) is 0 Å². The van der Waals surface area contributed by atoms with E-state index in [1.54, 1.807) is 7.11 Å². The molecule has 0 spiro atoms. The second-order valence-corrected chi connectivity index (χ2v) is 5.31. The Morgan fingerprint density at radius 2 is 2.22 bits per heavy atom. The van der Waals surface area contributed by atoms with Crippen molar-refractivity contribution >= 4 is 0 Å². The van der Waals surface area contributed by atoms with Crippen molar-refractivity contribution in [1.29, 1.82) is 0 Å². The molecule has 1 aromatic carbocycles. The van der Waals surface area contributed by atoms with Crippen LogP contribution in [0, 0.1) is 5.92 Å². The monoisotopic (exact) mass is 248 g/mol. The van der Waals surface area contributed by atoms with Crippen LogP contribution in [0.4, 0.5) is 0 Å². The van der Waals surface area contributed by atoms with Crippen LogP contribution in [0.3, 0.4) is 0 Å². The van der Waals surface area contributed by atoms with Crippen molar-refractivity contribution in [1.82, 2.24) is 4.90 Å². The molecule has 0 radical (unpaired) electrons. The standard InChI is InChI=1S/C15H24N2O/c1-12(16)13-7-5-9-17(10-13)11-14-6-3-4-8-15(14)18-2/h3-4,6,8,12-13H,5,7,9-11,16H2,1-2H3. The molecule has 2 unspecified atom stereocenters. The number of hydrogen-bond donors (Lipinski definition) is 1. The summed E-state index contributed by atoms with van der Waals surface area (Å²) in [7, 11) is 1.74. The van der Waals surface area contributed by atoms with Crippen molar-refractivity contribution in [3.63, 3.8) is 0 Å². The number of para-hydroxylation sites is 1. The Labute approximate surface area is 110 Å². The van der Waals surface area contributed by atoms with Crippen molar-refractivity contribution in [3.8, 4) is 5.75 Å². The molecule has 1 aromatic rings. The quantitative estimate of drug-likeness (QED) is 0.888. The lowest BCUT2D eigenvalue weighted by atomic mass is 9.92. The number of methoxy groups -OCH3 is 1. The van der Waals surface area contributed by atoms with Gasteiger partial charge in [-0.05, 0) is 38.3 Å². The van der Waals surface area contributed by atoms with Gasteiger partial charge in [-0.15, -0.1) is 0 Å². The lowest BCUT2D eigenvalue weighted by Gasteiger charge is -2.34. The molecule has 0 aliphatic carbocycles. The Morgan fingerprint density at radius 3 is 2.94 bits per heavy atom. The van der Waals surface area contributed by atoms with E-state index in [1.807, 2.05) is 12.1 Å². The lowest BCUT2D eigenvalue weighted by Crippen LogP contribution is -2.41. The zero-order valence-electron chi connectivity index (χ0n) is 11.4. The van der Waals surface area contributed by atoms with Gasteiger partial charge in [-0.2, -0.15) is 0 Å². The molecule has 0 saturated carbocycles. The number of likely N-dealkylation sites (tertiary alicyclic amines) is 1. The maximum Gasteiger partial charge on any atom is 0.123 e. The molecule has 1 fully saturated rings. The van der Waals surface area contributed by atoms with Gasteiger partial charge >= 0.3 is 0 Å². The number of piperidine rings is 1. The van der Waals surface area contributed by atoms with Gasteiger partial charge in [-0.1, -0.05) is 18.2 Å². The largest absolute Gasteiger partial charge is 0.496 e. The molecule has 1 saturated heterocycles. The number of ether oxygens (including phenoxy) is 1. The van der Waals surface area contributed by atoms with Crippen LogP contribution in [0.25, 0.3) is 0 Å². The SMILES string of the molecule is COc1ccccc1CN1CCCC(C(C)N)C1. The molecule has 3 nitrogen and oxygen atoms in total. The predicted octanol–water partition coefficient (Wildman–Crippen LogP) is 2.25. The molecule has 0 amide bonds. The summed E-state index contributed by atoms with van der Waals surface area (Å²) in [5, 5.41) is 0. The van der Waals surface area contributed by atoms with Crippen molar-refractivity contribution in [2.75, 3.05) is 20.2 Å². The van der Waals surface area contributed by atoms with Crippen molar-refractivity contribution < 1.29 is 4.74 Å². The molecule has 2 N–H and O–H groups in total. The number of nitrogens with two attached hydrogens (primary N) is 1. The molecular formula is C15H24N2O. The predicted molar refractivity (Wildman–Crippen MR) is 74.6 cm³/mol. The zero-order chi connectivity index (χ0) is 13.0. The van der Waals surface area contributed by atoms with Crippen LogP contribution in [-0.2, 0) is 6.54 Å². The average molecular weight is 248 g/mol. The van der Waals surface area contributed by atoms with Gasteiger partial charge in [0.1, 0.15) is 5.75 Å². The van der Waals surface area contributed by atoms with E-state index in [4.69, 9.17) is 10.5 Å². The van der Waals surface area contributed by atoms with E-state index in [2.05, 4.69) is 24.0 Å². The number of nitrogens with zero attached hydrogens (tertiary/aromatic N) is 1. The molecule has 18 heavy (non-hydrogen) atoms. The maximum absolute atomic E-state index is 6.03. The summed E-state index contributed by atoms with van der Waals surface area (Å²) in [5.41, 5.74) is 7.30. The lowest BCUT2D eigenvalue weighted by molar-refractivity contribution is 0.153. The number of rotatable bonds is 4. The van der Waals surface area contributed by atoms with E-state index in [0.29, 0.717) is 12.0 Å². The Bertz CT molecular complexity index is 379. The fraction of sp³-hybridized carbons (Fsp3) is 0.600. The second-order valence-electron chi connectivity index (χ2n) is 5.31. The molecule has 2 atom stereocenters. The highest BCUT2D eigenvalue weighted by atomic mass is 16.5. The van der Waals surface area contributed by atoms with Gasteiger partial charge < -0.3 is 10.5 Å². The zero-order valence-corrected chi connectivity index (χ0v) is 11.4. The van der Waals surface area contributed by atoms with Gasteiger partial charge in [0.25, 0.3) is 0 Å². The minimum atomic E-state index is 0.297. The van der Waals surface area contributed by atoms with Crippen LogP contribution in [0.1, 0.15) is 25.3 Å². The highest BCUT2D eigenvalue weighted by Crippen LogP contribution is 2.24. The van der Waals surface area contributed by atoms with Crippen LogP contribution >= 0.6 is 0 Å². The third-order valence-electron chi connectivity index (χ3n) is 3.87. The molecule has 1 aliphatic rings. The average Bonchev–Trinajstić information content (AvgIpc) is 2.39. The Balaban J connectivity index is 2.00. The molecule has 1 aliphatic heterocycles. The summed E-state index contributed by atoms with van der Waals surface area (Å²) in [6.07, 6.45) is 2.52. The summed E-state index contributed by atoms with van der Waals surface area (Å²) in [5.74, 6) is 1.62. The summed E-state index contributed by atoms with van der Waals surface area (Å²) in [6.45, 7) is 5.36. The van der Waals surface area contributed by atoms with Crippen molar-refractivity contribution in [3.05, 3.63) is 29.8 Å². The van der Waals surface area contributed by atoms with Crippen LogP contribution in [0.15, 0.2) is 24.3 Å². The van der Waals surface area contributed by atoms with Gasteiger partial charge in [-0.3, -0.25) is 4.90 Å². The molecular weight excluding hydrogens is 224 g/mol. The van der Waals surface area contributed by atoms with Gasteiger partial charge in [0.15, 0.2) is 0 Å². The van der Waals surface area contributed by atoms with Gasteiger partial charge in [-0.25, -0.2) is 0 Å². The third kappa shape index (κ3) is 3.24. The molecule has 3 heteroatoms. The minimum Gasteiger partial charge on any atom is -0.496 e. The van der Waals surface area contributed by atoms with Crippen molar-refractivity contribution in [2.24, 2.45) is 11.7 Å². The van der Waals surface area contributed by atoms with Crippen LogP contribution in [0.5, 0.6) is 5.75 Å². The normalized spacial score (nSPS) is 22.7. The number of benzene rings is 1. The molecule has 1 heterocycles. The van der Waals surface area contributed by atoms with Gasteiger partial charge in [0.05, 0.1) is 7.11 Å². The maximum atomic E-state index is 6.03. The van der Waals surface area contributed by atoms with Crippen LogP contribution < -0.4 is 10.5 Å². The van der Waals surface area contributed by atoms with E-state index in [0.717, 1.165) is 18.8 Å². The van der Waals surface area contributed by atoms with E-state index < -0.39 is 0 Å². The Hall–Kier alpha value is -1.06. The van der Waals surface area contributed by atoms with E-state index in [-0.39, 0.29) is 0 Å². The fourth-order valence-corrected chi connectivity index (χ4v) is 2.74. The highest BCUT2D eigenvalue weighted by molar-refractivity contribution is 5.33. The smallest absolute Gasteiger partial charge is 0.123 e. The first-order valence-corrected chi connectivity index (χ1v) is 6.80. The highest BCUT2D eigenvalue weighted by Gasteiger charge is 2.23. The third-order valence-corrected chi connectivity index (χ3v) is 3.87. The summed E-state index contributed by atoms with van der Waals surface area (Å²) >= 11 is 0. The first-order chi connectivity index (χ1) is 8.70. The van der Waals surface area contributed by atoms with Gasteiger partial charge in [0.2, 0.25) is 0 Å².